The van der Waals surface area contributed by atoms with E-state index in [2.05, 4.69) is 10.1 Å². The number of ether oxygens (including phenoxy) is 1. The Bertz CT molecular complexity index is 476. The van der Waals surface area contributed by atoms with Crippen molar-refractivity contribution < 1.29 is 14.3 Å². The third-order valence-electron chi connectivity index (χ3n) is 2.47. The van der Waals surface area contributed by atoms with Crippen LogP contribution in [0.4, 0.5) is 11.4 Å². The second-order valence-electron chi connectivity index (χ2n) is 5.00. The summed E-state index contributed by atoms with van der Waals surface area (Å²) >= 11 is 0. The highest BCUT2D eigenvalue weighted by molar-refractivity contribution is 6.37. The molecule has 1 amide bonds. The number of esters is 1. The number of nitrogens with one attached hydrogen (secondary N) is 1. The minimum absolute atomic E-state index is 0.174. The Morgan fingerprint density at radius 2 is 1.89 bits per heavy atom. The summed E-state index contributed by atoms with van der Waals surface area (Å²) in [6.45, 7) is 6.02. The van der Waals surface area contributed by atoms with Gasteiger partial charge in [0, 0.05) is 11.4 Å². The molecule has 0 atom stereocenters. The Labute approximate surface area is 106 Å². The SMILES string of the molecule is COC(=O)C(=O)Nc1cc(N)ccc1C(C)(C)C. The van der Waals surface area contributed by atoms with Gasteiger partial charge in [-0.2, -0.15) is 0 Å². The van der Waals surface area contributed by atoms with E-state index in [-0.39, 0.29) is 5.41 Å². The van der Waals surface area contributed by atoms with Crippen molar-refractivity contribution >= 4 is 23.3 Å². The molecule has 0 radical (unpaired) electrons. The van der Waals surface area contributed by atoms with Gasteiger partial charge in [0.1, 0.15) is 0 Å². The van der Waals surface area contributed by atoms with E-state index in [1.54, 1.807) is 12.1 Å². The summed E-state index contributed by atoms with van der Waals surface area (Å²) in [5.74, 6) is -1.74. The van der Waals surface area contributed by atoms with Gasteiger partial charge in [-0.3, -0.25) is 4.79 Å². The molecule has 0 aliphatic rings. The Kier molecular flexibility index (Phi) is 3.96. The molecule has 1 aromatic carbocycles. The molecule has 0 saturated carbocycles. The monoisotopic (exact) mass is 250 g/mol. The van der Waals surface area contributed by atoms with Crippen molar-refractivity contribution in [3.8, 4) is 0 Å². The van der Waals surface area contributed by atoms with Gasteiger partial charge in [-0.05, 0) is 23.1 Å². The number of hydrogen-bond acceptors (Lipinski definition) is 4. The molecule has 0 unspecified atom stereocenters. The molecule has 5 nitrogen and oxygen atoms in total. The van der Waals surface area contributed by atoms with Crippen LogP contribution in [0, 0.1) is 0 Å². The Hall–Kier alpha value is -2.04. The highest BCUT2D eigenvalue weighted by atomic mass is 16.5. The lowest BCUT2D eigenvalue weighted by Crippen LogP contribution is -2.26. The first-order valence-corrected chi connectivity index (χ1v) is 5.55. The lowest BCUT2D eigenvalue weighted by atomic mass is 9.85. The molecule has 1 rings (SSSR count). The van der Waals surface area contributed by atoms with E-state index < -0.39 is 11.9 Å². The van der Waals surface area contributed by atoms with E-state index in [9.17, 15) is 9.59 Å². The average molecular weight is 250 g/mol. The first kappa shape index (κ1) is 14.0. The van der Waals surface area contributed by atoms with Crippen LogP contribution in [0.25, 0.3) is 0 Å². The number of rotatable bonds is 1. The van der Waals surface area contributed by atoms with Crippen LogP contribution in [0.1, 0.15) is 26.3 Å². The van der Waals surface area contributed by atoms with Crippen LogP contribution < -0.4 is 11.1 Å². The predicted octanol–water partition coefficient (Wildman–Crippen LogP) is 1.68. The zero-order valence-electron chi connectivity index (χ0n) is 11.0. The molecule has 5 heteroatoms. The Balaban J connectivity index is 3.11. The van der Waals surface area contributed by atoms with E-state index in [0.717, 1.165) is 12.7 Å². The van der Waals surface area contributed by atoms with Gasteiger partial charge in [0.25, 0.3) is 0 Å². The van der Waals surface area contributed by atoms with Gasteiger partial charge in [-0.1, -0.05) is 26.8 Å². The van der Waals surface area contributed by atoms with Gasteiger partial charge >= 0.3 is 11.9 Å². The number of methoxy groups -OCH3 is 1. The van der Waals surface area contributed by atoms with Crippen molar-refractivity contribution in [2.75, 3.05) is 18.2 Å². The van der Waals surface area contributed by atoms with Crippen molar-refractivity contribution in [3.05, 3.63) is 23.8 Å². The van der Waals surface area contributed by atoms with Crippen LogP contribution in [0.15, 0.2) is 18.2 Å². The molecule has 18 heavy (non-hydrogen) atoms. The third kappa shape index (κ3) is 3.23. The molecule has 1 aromatic rings. The van der Waals surface area contributed by atoms with Gasteiger partial charge in [-0.15, -0.1) is 0 Å². The first-order chi connectivity index (χ1) is 8.25. The fraction of sp³-hybridized carbons (Fsp3) is 0.385. The molecule has 98 valence electrons. The smallest absolute Gasteiger partial charge is 0.396 e. The third-order valence-corrected chi connectivity index (χ3v) is 2.47. The summed E-state index contributed by atoms with van der Waals surface area (Å²) < 4.78 is 4.36. The minimum atomic E-state index is -0.933. The van der Waals surface area contributed by atoms with E-state index in [0.29, 0.717) is 11.4 Å². The summed E-state index contributed by atoms with van der Waals surface area (Å²) in [5, 5.41) is 2.52. The highest BCUT2D eigenvalue weighted by Crippen LogP contribution is 2.31. The molecule has 3 N–H and O–H groups in total. The van der Waals surface area contributed by atoms with Gasteiger partial charge in [0.2, 0.25) is 0 Å². The second kappa shape index (κ2) is 5.08. The van der Waals surface area contributed by atoms with Crippen LogP contribution in [0.3, 0.4) is 0 Å². The van der Waals surface area contributed by atoms with Crippen molar-refractivity contribution in [3.63, 3.8) is 0 Å². The molecule has 0 aromatic heterocycles. The van der Waals surface area contributed by atoms with Crippen molar-refractivity contribution in [2.24, 2.45) is 0 Å². The zero-order valence-corrected chi connectivity index (χ0v) is 11.0. The van der Waals surface area contributed by atoms with Crippen molar-refractivity contribution in [2.45, 2.75) is 26.2 Å². The number of anilines is 2. The minimum Gasteiger partial charge on any atom is -0.462 e. The zero-order chi connectivity index (χ0) is 13.9. The maximum atomic E-state index is 11.5. The first-order valence-electron chi connectivity index (χ1n) is 5.55. The Morgan fingerprint density at radius 1 is 1.28 bits per heavy atom. The number of benzene rings is 1. The quantitative estimate of drug-likeness (QED) is 0.451. The van der Waals surface area contributed by atoms with Crippen LogP contribution in [-0.4, -0.2) is 19.0 Å². The van der Waals surface area contributed by atoms with Crippen LogP contribution in [0.5, 0.6) is 0 Å². The van der Waals surface area contributed by atoms with Crippen molar-refractivity contribution in [1.29, 1.82) is 0 Å². The lowest BCUT2D eigenvalue weighted by molar-refractivity contribution is -0.150. The van der Waals surface area contributed by atoms with E-state index in [1.165, 1.54) is 0 Å². The van der Waals surface area contributed by atoms with Crippen molar-refractivity contribution in [1.82, 2.24) is 0 Å². The molecule has 0 heterocycles. The molecular formula is C13H18N2O3. The number of amides is 1. The maximum absolute atomic E-state index is 11.5. The Morgan fingerprint density at radius 3 is 2.39 bits per heavy atom. The number of nitrogen functional groups attached to an aromatic ring is 1. The van der Waals surface area contributed by atoms with Gasteiger partial charge < -0.3 is 15.8 Å². The molecule has 0 fully saturated rings. The largest absolute Gasteiger partial charge is 0.462 e. The summed E-state index contributed by atoms with van der Waals surface area (Å²) in [5.41, 5.74) is 7.45. The van der Waals surface area contributed by atoms with E-state index >= 15 is 0 Å². The van der Waals surface area contributed by atoms with Crippen LogP contribution in [-0.2, 0) is 19.7 Å². The van der Waals surface area contributed by atoms with Gasteiger partial charge in [0.05, 0.1) is 7.11 Å². The van der Waals surface area contributed by atoms with E-state index in [4.69, 9.17) is 5.73 Å². The molecule has 0 aliphatic carbocycles. The number of carbonyl (C=O) groups excluding carboxylic acids is 2. The molecular weight excluding hydrogens is 232 g/mol. The number of hydrogen-bond donors (Lipinski definition) is 2. The fourth-order valence-electron chi connectivity index (χ4n) is 1.59. The number of nitrogens with two attached hydrogens (primary N) is 1. The van der Waals surface area contributed by atoms with Crippen LogP contribution >= 0.6 is 0 Å². The standard InChI is InChI=1S/C13H18N2O3/c1-13(2,3)9-6-5-8(14)7-10(9)15-11(16)12(17)18-4/h5-7H,14H2,1-4H3,(H,15,16). The summed E-state index contributed by atoms with van der Waals surface area (Å²) in [7, 11) is 1.16. The second-order valence-corrected chi connectivity index (χ2v) is 5.00. The van der Waals surface area contributed by atoms with Crippen LogP contribution in [0.2, 0.25) is 0 Å². The highest BCUT2D eigenvalue weighted by Gasteiger charge is 2.21. The van der Waals surface area contributed by atoms with Gasteiger partial charge in [0.15, 0.2) is 0 Å². The fourth-order valence-corrected chi connectivity index (χ4v) is 1.59. The lowest BCUT2D eigenvalue weighted by Gasteiger charge is -2.23. The summed E-state index contributed by atoms with van der Waals surface area (Å²) in [6, 6.07) is 5.22. The molecule has 0 saturated heterocycles. The summed E-state index contributed by atoms with van der Waals surface area (Å²) in [4.78, 5) is 22.6. The molecule has 0 aliphatic heterocycles. The van der Waals surface area contributed by atoms with E-state index in [1.807, 2.05) is 26.8 Å². The number of carbonyl (C=O) groups is 2. The maximum Gasteiger partial charge on any atom is 0.396 e. The normalized spacial score (nSPS) is 10.9. The predicted molar refractivity (Wildman–Crippen MR) is 70.2 cm³/mol. The average Bonchev–Trinajstić information content (AvgIpc) is 2.26. The molecule has 0 spiro atoms. The molecule has 0 bridgehead atoms. The van der Waals surface area contributed by atoms with Gasteiger partial charge in [-0.25, -0.2) is 4.79 Å². The topological polar surface area (TPSA) is 81.4 Å². The summed E-state index contributed by atoms with van der Waals surface area (Å²) in [6.07, 6.45) is 0.